The summed E-state index contributed by atoms with van der Waals surface area (Å²) in [5, 5.41) is 8.73. The number of hydrogen-bond acceptors (Lipinski definition) is 3. The summed E-state index contributed by atoms with van der Waals surface area (Å²) in [5.41, 5.74) is 17.9. The molecule has 6 heterocycles. The third-order valence-electron chi connectivity index (χ3n) is 13.7. The molecule has 4 aromatic heterocycles. The Balaban J connectivity index is 1.05. The number of benzene rings is 9. The van der Waals surface area contributed by atoms with Gasteiger partial charge in [0, 0.05) is 69.9 Å². The molecule has 0 unspecified atom stereocenters. The maximum absolute atomic E-state index is 6.38. The highest BCUT2D eigenvalue weighted by molar-refractivity contribution is 7.34. The van der Waals surface area contributed by atoms with Crippen LogP contribution in [0, 0.1) is 0 Å². The summed E-state index contributed by atoms with van der Waals surface area (Å²) in [7, 11) is 0. The highest BCUT2D eigenvalue weighted by Crippen LogP contribution is 2.48. The van der Waals surface area contributed by atoms with E-state index in [1.54, 1.807) is 0 Å². The second kappa shape index (κ2) is 11.9. The molecule has 286 valence electrons. The number of anilines is 3. The van der Waals surface area contributed by atoms with E-state index < -0.39 is 0 Å². The average molecular weight is 806 g/mol. The van der Waals surface area contributed by atoms with Crippen molar-refractivity contribution in [2.45, 2.75) is 0 Å². The van der Waals surface area contributed by atoms with Crippen LogP contribution in [-0.2, 0) is 0 Å². The first-order valence-electron chi connectivity index (χ1n) is 21.3. The summed E-state index contributed by atoms with van der Waals surface area (Å²) in [6.45, 7) is 0.00145. The van der Waals surface area contributed by atoms with Crippen molar-refractivity contribution < 1.29 is 4.42 Å². The Kier molecular flexibility index (Phi) is 6.35. The van der Waals surface area contributed by atoms with E-state index in [1.165, 1.54) is 92.1 Å². The largest absolute Gasteiger partial charge is 0.456 e. The summed E-state index contributed by atoms with van der Waals surface area (Å²) in [4.78, 5) is 2.56. The van der Waals surface area contributed by atoms with Crippen LogP contribution in [0.25, 0.3) is 98.1 Å². The summed E-state index contributed by atoms with van der Waals surface area (Å²) >= 11 is 1.95. The number of furan rings is 1. The number of hydrogen-bond donors (Lipinski definition) is 0. The van der Waals surface area contributed by atoms with Crippen LogP contribution in [-0.4, -0.2) is 15.8 Å². The molecule has 0 fully saturated rings. The van der Waals surface area contributed by atoms with Crippen molar-refractivity contribution >= 4 is 126 Å². The molecule has 0 radical (unpaired) electrons. The van der Waals surface area contributed by atoms with E-state index in [1.807, 2.05) is 17.4 Å². The zero-order chi connectivity index (χ0) is 40.2. The summed E-state index contributed by atoms with van der Waals surface area (Å²) < 4.78 is 14.1. The monoisotopic (exact) mass is 805 g/mol. The fourth-order valence-electron chi connectivity index (χ4n) is 11.2. The van der Waals surface area contributed by atoms with Gasteiger partial charge >= 0.3 is 0 Å². The Morgan fingerprint density at radius 2 is 1.10 bits per heavy atom. The van der Waals surface area contributed by atoms with Crippen molar-refractivity contribution in [3.63, 3.8) is 0 Å². The fraction of sp³-hybridized carbons (Fsp3) is 0. The molecule has 0 amide bonds. The summed E-state index contributed by atoms with van der Waals surface area (Å²) in [6, 6.07) is 71.4. The molecule has 0 spiro atoms. The van der Waals surface area contributed by atoms with Gasteiger partial charge in [0.15, 0.2) is 0 Å². The van der Waals surface area contributed by atoms with Crippen LogP contribution in [0.5, 0.6) is 0 Å². The zero-order valence-corrected chi connectivity index (χ0v) is 34.0. The number of fused-ring (bicyclic) bond motifs is 16. The fourth-order valence-corrected chi connectivity index (χ4v) is 12.5. The Hall–Kier alpha value is -7.80. The van der Waals surface area contributed by atoms with Crippen LogP contribution in [0.3, 0.4) is 0 Å². The standard InChI is InChI=1S/C56H32BN3OS/c1-2-15-35(16-3-1)58-44-23-9-5-20-40(44)51-47(58)32-42-37-18-4-8-22-43(37)60-46-25-13-24-45-52(46)57(53(51)54(42)60)56-55(41-21-7-11-27-50(41)62-56)59(45)36-17-12-14-33(30-36)34-28-29-39-38-19-6-10-26-48(38)61-49(39)31-34/h1-32H. The second-order valence-corrected chi connectivity index (χ2v) is 17.9. The maximum Gasteiger partial charge on any atom is 0.265 e. The van der Waals surface area contributed by atoms with Gasteiger partial charge in [0.05, 0.1) is 27.8 Å². The number of nitrogens with zero attached hydrogens (tertiary/aromatic N) is 3. The van der Waals surface area contributed by atoms with E-state index in [9.17, 15) is 0 Å². The van der Waals surface area contributed by atoms with Gasteiger partial charge in [-0.1, -0.05) is 115 Å². The molecule has 0 atom stereocenters. The van der Waals surface area contributed by atoms with Gasteiger partial charge in [0.2, 0.25) is 0 Å². The molecule has 0 saturated carbocycles. The van der Waals surface area contributed by atoms with Crippen molar-refractivity contribution in [2.24, 2.45) is 0 Å². The minimum absolute atomic E-state index is 0.00145. The molecule has 13 aromatic rings. The van der Waals surface area contributed by atoms with Crippen molar-refractivity contribution in [1.82, 2.24) is 9.13 Å². The number of aromatic nitrogens is 2. The van der Waals surface area contributed by atoms with Crippen molar-refractivity contribution in [2.75, 3.05) is 4.90 Å². The van der Waals surface area contributed by atoms with Gasteiger partial charge in [-0.2, -0.15) is 0 Å². The van der Waals surface area contributed by atoms with E-state index in [4.69, 9.17) is 4.42 Å². The second-order valence-electron chi connectivity index (χ2n) is 16.8. The molecule has 2 aliphatic rings. The lowest BCUT2D eigenvalue weighted by atomic mass is 9.36. The van der Waals surface area contributed by atoms with Gasteiger partial charge < -0.3 is 18.5 Å². The van der Waals surface area contributed by atoms with Crippen LogP contribution >= 0.6 is 11.3 Å². The van der Waals surface area contributed by atoms with Crippen molar-refractivity contribution in [1.29, 1.82) is 0 Å². The lowest BCUT2D eigenvalue weighted by molar-refractivity contribution is 0.669. The summed E-state index contributed by atoms with van der Waals surface area (Å²) in [5.74, 6) is 0. The predicted octanol–water partition coefficient (Wildman–Crippen LogP) is 13.3. The lowest BCUT2D eigenvalue weighted by Crippen LogP contribution is -2.59. The Morgan fingerprint density at radius 3 is 1.98 bits per heavy atom. The van der Waals surface area contributed by atoms with E-state index in [0.717, 1.165) is 38.8 Å². The number of thiophene rings is 1. The van der Waals surface area contributed by atoms with E-state index >= 15 is 0 Å². The van der Waals surface area contributed by atoms with E-state index in [-0.39, 0.29) is 6.71 Å². The topological polar surface area (TPSA) is 26.2 Å². The summed E-state index contributed by atoms with van der Waals surface area (Å²) in [6.07, 6.45) is 0. The molecular formula is C56H32BN3OS. The molecule has 2 aliphatic heterocycles. The normalized spacial score (nSPS) is 13.1. The van der Waals surface area contributed by atoms with Gasteiger partial charge in [0.1, 0.15) is 11.2 Å². The molecule has 0 saturated heterocycles. The molecular weight excluding hydrogens is 774 g/mol. The molecule has 62 heavy (non-hydrogen) atoms. The third kappa shape index (κ3) is 4.17. The van der Waals surface area contributed by atoms with Crippen molar-refractivity contribution in [3.8, 4) is 22.5 Å². The quantitative estimate of drug-likeness (QED) is 0.166. The smallest absolute Gasteiger partial charge is 0.265 e. The minimum Gasteiger partial charge on any atom is -0.456 e. The number of rotatable bonds is 3. The first-order valence-corrected chi connectivity index (χ1v) is 22.1. The van der Waals surface area contributed by atoms with Crippen LogP contribution in [0.4, 0.5) is 17.1 Å². The molecule has 9 aromatic carbocycles. The van der Waals surface area contributed by atoms with Crippen molar-refractivity contribution in [3.05, 3.63) is 194 Å². The van der Waals surface area contributed by atoms with Gasteiger partial charge in [-0.05, 0) is 101 Å². The highest BCUT2D eigenvalue weighted by atomic mass is 32.1. The average Bonchev–Trinajstić information content (AvgIpc) is 4.08. The van der Waals surface area contributed by atoms with Gasteiger partial charge in [-0.3, -0.25) is 0 Å². The van der Waals surface area contributed by atoms with Crippen LogP contribution < -0.4 is 20.6 Å². The van der Waals surface area contributed by atoms with Gasteiger partial charge in [-0.15, -0.1) is 11.3 Å². The molecule has 0 bridgehead atoms. The first kappa shape index (κ1) is 33.0. The zero-order valence-electron chi connectivity index (χ0n) is 33.2. The predicted molar refractivity (Wildman–Crippen MR) is 263 cm³/mol. The Morgan fingerprint density at radius 1 is 0.419 bits per heavy atom. The molecule has 4 nitrogen and oxygen atoms in total. The van der Waals surface area contributed by atoms with Crippen LogP contribution in [0.2, 0.25) is 0 Å². The highest BCUT2D eigenvalue weighted by Gasteiger charge is 2.45. The molecule has 15 rings (SSSR count). The maximum atomic E-state index is 6.38. The molecule has 0 N–H and O–H groups in total. The first-order chi connectivity index (χ1) is 30.8. The van der Waals surface area contributed by atoms with E-state index in [2.05, 4.69) is 202 Å². The number of para-hydroxylation sites is 4. The van der Waals surface area contributed by atoms with E-state index in [0.29, 0.717) is 0 Å². The molecule has 0 aliphatic carbocycles. The lowest BCUT2D eigenvalue weighted by Gasteiger charge is -2.39. The van der Waals surface area contributed by atoms with Crippen LogP contribution in [0.1, 0.15) is 0 Å². The minimum atomic E-state index is 0.00145. The Labute approximate surface area is 359 Å². The third-order valence-corrected chi connectivity index (χ3v) is 14.9. The van der Waals surface area contributed by atoms with Gasteiger partial charge in [0.25, 0.3) is 6.71 Å². The Bertz CT molecular complexity index is 4080. The SMILES string of the molecule is c1ccc(-n2c3ccccc3c3c4c5c(cc32)c2ccccc2n5-c2cccc3c2B4c2sc4ccccc4c2N3c2cccc(-c3ccc4c(c3)oc3ccccc34)c2)cc1. The molecule has 6 heteroatoms. The van der Waals surface area contributed by atoms with Crippen LogP contribution in [0.15, 0.2) is 199 Å². The van der Waals surface area contributed by atoms with Gasteiger partial charge in [-0.25, -0.2) is 0 Å².